The van der Waals surface area contributed by atoms with Gasteiger partial charge in [0.15, 0.2) is 0 Å². The van der Waals surface area contributed by atoms with Crippen molar-refractivity contribution in [1.29, 1.82) is 0 Å². The smallest absolute Gasteiger partial charge is 0.297 e. The van der Waals surface area contributed by atoms with Crippen molar-refractivity contribution in [2.24, 2.45) is 0 Å². The Hall–Kier alpha value is -6.46. The highest BCUT2D eigenvalue weighted by Crippen LogP contribution is 2.46. The van der Waals surface area contributed by atoms with Crippen LogP contribution in [0.4, 0.5) is 17.1 Å². The third-order valence-electron chi connectivity index (χ3n) is 11.8. The molecule has 0 N–H and O–H groups in total. The Morgan fingerprint density at radius 2 is 1.13 bits per heavy atom. The molecule has 0 bridgehead atoms. The lowest BCUT2D eigenvalue weighted by atomic mass is 9.36. The number of nitrogens with zero attached hydrogens (tertiary/aromatic N) is 3. The number of anilines is 3. The zero-order chi connectivity index (χ0) is 35.2. The molecule has 0 aliphatic carbocycles. The Morgan fingerprint density at radius 1 is 0.491 bits per heavy atom. The average Bonchev–Trinajstić information content (AvgIpc) is 3.85. The summed E-state index contributed by atoms with van der Waals surface area (Å²) in [6, 6.07) is 55.8. The van der Waals surface area contributed by atoms with E-state index < -0.39 is 0 Å². The van der Waals surface area contributed by atoms with E-state index in [-0.39, 0.29) is 12.1 Å². The summed E-state index contributed by atoms with van der Waals surface area (Å²) in [7, 11) is 0. The molecule has 0 atom stereocenters. The molecule has 2 aliphatic heterocycles. The molecule has 0 saturated carbocycles. The maximum Gasteiger partial charge on any atom is 0.297 e. The molecule has 0 unspecified atom stereocenters. The molecule has 12 rings (SSSR count). The van der Waals surface area contributed by atoms with Crippen LogP contribution in [0.5, 0.6) is 0 Å². The summed E-state index contributed by atoms with van der Waals surface area (Å²) < 4.78 is 12.1. The number of para-hydroxylation sites is 4. The van der Waals surface area contributed by atoms with E-state index in [0.717, 1.165) is 33.7 Å². The van der Waals surface area contributed by atoms with Gasteiger partial charge in [0.25, 0.3) is 6.71 Å². The summed E-state index contributed by atoms with van der Waals surface area (Å²) in [4.78, 5) is 2.45. The van der Waals surface area contributed by atoms with E-state index in [9.17, 15) is 0 Å². The first-order valence-corrected chi connectivity index (χ1v) is 18.6. The lowest BCUT2D eigenvalue weighted by Crippen LogP contribution is -2.59. The van der Waals surface area contributed by atoms with E-state index >= 15 is 0 Å². The van der Waals surface area contributed by atoms with Crippen LogP contribution in [0.1, 0.15) is 26.3 Å². The van der Waals surface area contributed by atoms with Crippen molar-refractivity contribution in [1.82, 2.24) is 9.13 Å². The van der Waals surface area contributed by atoms with E-state index in [4.69, 9.17) is 4.42 Å². The Kier molecular flexibility index (Phi) is 5.56. The number of hydrogen-bond donors (Lipinski definition) is 0. The van der Waals surface area contributed by atoms with Gasteiger partial charge >= 0.3 is 0 Å². The highest BCUT2D eigenvalue weighted by molar-refractivity contribution is 7.00. The SMILES string of the molecule is CC(C)(C)c1ccc(N2c3cccc4c3B(c3oc5ccccc5c32)c2cccc3c5ccc6c7ccccc7n(-c7ccccc7)c6c5n-4c23)cc1. The first-order chi connectivity index (χ1) is 26.0. The molecule has 0 radical (unpaired) electrons. The lowest BCUT2D eigenvalue weighted by molar-refractivity contribution is 0.590. The fraction of sp³-hybridized carbons (Fsp3) is 0.0833. The Labute approximate surface area is 307 Å². The van der Waals surface area contributed by atoms with Gasteiger partial charge in [-0.2, -0.15) is 0 Å². The molecular formula is C48H34BN3O. The number of furan rings is 1. The molecule has 0 amide bonds. The summed E-state index contributed by atoms with van der Waals surface area (Å²) in [6.45, 7) is 6.76. The zero-order valence-electron chi connectivity index (χ0n) is 29.8. The normalized spacial score (nSPS) is 13.5. The molecule has 10 aromatic rings. The maximum absolute atomic E-state index is 7.02. The number of fused-ring (bicyclic) bond motifs is 13. The molecule has 7 aromatic carbocycles. The van der Waals surface area contributed by atoms with Gasteiger partial charge in [0.05, 0.1) is 27.9 Å². The van der Waals surface area contributed by atoms with E-state index in [0.29, 0.717) is 0 Å². The molecule has 5 heterocycles. The van der Waals surface area contributed by atoms with Gasteiger partial charge in [-0.3, -0.25) is 0 Å². The van der Waals surface area contributed by atoms with E-state index in [1.807, 2.05) is 0 Å². The molecule has 0 spiro atoms. The monoisotopic (exact) mass is 679 g/mol. The molecule has 53 heavy (non-hydrogen) atoms. The van der Waals surface area contributed by atoms with Gasteiger partial charge in [-0.25, -0.2) is 0 Å². The molecule has 0 fully saturated rings. The fourth-order valence-electron chi connectivity index (χ4n) is 9.57. The summed E-state index contributed by atoms with van der Waals surface area (Å²) >= 11 is 0. The molecule has 0 saturated heterocycles. The minimum Gasteiger partial charge on any atom is -0.468 e. The van der Waals surface area contributed by atoms with Crippen molar-refractivity contribution in [2.45, 2.75) is 26.2 Å². The maximum atomic E-state index is 7.02. The highest BCUT2D eigenvalue weighted by Gasteiger charge is 2.45. The molecule has 250 valence electrons. The third-order valence-corrected chi connectivity index (χ3v) is 11.8. The van der Waals surface area contributed by atoms with Crippen LogP contribution in [0.15, 0.2) is 156 Å². The first kappa shape index (κ1) is 29.2. The molecule has 2 aliphatic rings. The van der Waals surface area contributed by atoms with E-state index in [1.165, 1.54) is 71.5 Å². The van der Waals surface area contributed by atoms with Gasteiger partial charge < -0.3 is 18.5 Å². The minimum atomic E-state index is -0.0651. The molecular weight excluding hydrogens is 645 g/mol. The van der Waals surface area contributed by atoms with Crippen LogP contribution in [0, 0.1) is 0 Å². The van der Waals surface area contributed by atoms with Crippen molar-refractivity contribution < 1.29 is 4.42 Å². The second-order valence-corrected chi connectivity index (χ2v) is 15.7. The van der Waals surface area contributed by atoms with Gasteiger partial charge in [0.2, 0.25) is 0 Å². The minimum absolute atomic E-state index is 0.0586. The van der Waals surface area contributed by atoms with Gasteiger partial charge in [0.1, 0.15) is 5.58 Å². The predicted molar refractivity (Wildman–Crippen MR) is 223 cm³/mol. The zero-order valence-corrected chi connectivity index (χ0v) is 29.8. The van der Waals surface area contributed by atoms with Gasteiger partial charge in [-0.15, -0.1) is 0 Å². The van der Waals surface area contributed by atoms with Crippen molar-refractivity contribution >= 4 is 94.9 Å². The van der Waals surface area contributed by atoms with Crippen molar-refractivity contribution in [3.63, 3.8) is 0 Å². The topological polar surface area (TPSA) is 26.2 Å². The van der Waals surface area contributed by atoms with E-state index in [1.54, 1.807) is 0 Å². The van der Waals surface area contributed by atoms with Gasteiger partial charge in [-0.05, 0) is 76.5 Å². The molecule has 4 nitrogen and oxygen atoms in total. The van der Waals surface area contributed by atoms with Crippen molar-refractivity contribution in [3.05, 3.63) is 157 Å². The average molecular weight is 680 g/mol. The third kappa shape index (κ3) is 3.71. The fourth-order valence-corrected chi connectivity index (χ4v) is 9.57. The quantitative estimate of drug-likeness (QED) is 0.170. The van der Waals surface area contributed by atoms with Crippen LogP contribution < -0.4 is 21.5 Å². The number of benzene rings is 7. The second kappa shape index (κ2) is 10.1. The standard InChI is InChI=1S/C48H34BN3O/c1-48(2,3)29-23-25-31(26-24-29)51-39-20-12-21-40-42(39)49(47-46(51)36-16-8-10-22-41(36)53-47)37-18-11-17-33-35-28-27-34-32-15-7-9-19-38(32)50(30-13-5-4-6-14-30)44(34)45(35)52(40)43(33)37/h4-28H,1-3H3. The second-order valence-electron chi connectivity index (χ2n) is 15.7. The van der Waals surface area contributed by atoms with Crippen LogP contribution >= 0.6 is 0 Å². The lowest BCUT2D eigenvalue weighted by Gasteiger charge is -2.38. The number of aromatic nitrogens is 2. The predicted octanol–water partition coefficient (Wildman–Crippen LogP) is 10.5. The largest absolute Gasteiger partial charge is 0.468 e. The van der Waals surface area contributed by atoms with Crippen LogP contribution in [0.2, 0.25) is 0 Å². The van der Waals surface area contributed by atoms with Crippen LogP contribution in [-0.2, 0) is 5.41 Å². The Bertz CT molecular complexity index is 3160. The number of rotatable bonds is 2. The molecule has 3 aromatic heterocycles. The van der Waals surface area contributed by atoms with E-state index in [2.05, 4.69) is 186 Å². The summed E-state index contributed by atoms with van der Waals surface area (Å²) in [6.07, 6.45) is 0. The molecule has 5 heteroatoms. The number of hydrogen-bond acceptors (Lipinski definition) is 2. The Morgan fingerprint density at radius 3 is 1.94 bits per heavy atom. The van der Waals surface area contributed by atoms with Crippen molar-refractivity contribution in [2.75, 3.05) is 4.90 Å². The van der Waals surface area contributed by atoms with Crippen molar-refractivity contribution in [3.8, 4) is 11.4 Å². The summed E-state index contributed by atoms with van der Waals surface area (Å²) in [5.41, 5.74) is 16.6. The van der Waals surface area contributed by atoms with Gasteiger partial charge in [-0.1, -0.05) is 118 Å². The summed E-state index contributed by atoms with van der Waals surface area (Å²) in [5, 5.41) is 6.16. The van der Waals surface area contributed by atoms with Crippen LogP contribution in [-0.4, -0.2) is 15.8 Å². The Balaban J connectivity index is 1.25. The summed E-state index contributed by atoms with van der Waals surface area (Å²) in [5.74, 6) is 0. The highest BCUT2D eigenvalue weighted by atomic mass is 16.3. The van der Waals surface area contributed by atoms with Crippen LogP contribution in [0.3, 0.4) is 0 Å². The van der Waals surface area contributed by atoms with Gasteiger partial charge in [0, 0.05) is 55.2 Å². The van der Waals surface area contributed by atoms with Crippen LogP contribution in [0.25, 0.3) is 66.0 Å². The first-order valence-electron chi connectivity index (χ1n) is 18.6.